The van der Waals surface area contributed by atoms with Crippen LogP contribution in [-0.2, 0) is 13.0 Å². The van der Waals surface area contributed by atoms with Gasteiger partial charge in [-0.1, -0.05) is 23.7 Å². The summed E-state index contributed by atoms with van der Waals surface area (Å²) in [5.41, 5.74) is 3.18. The Labute approximate surface area is 162 Å². The first-order chi connectivity index (χ1) is 13.0. The van der Waals surface area contributed by atoms with E-state index < -0.39 is 0 Å². The summed E-state index contributed by atoms with van der Waals surface area (Å²) in [6.45, 7) is 1.94. The van der Waals surface area contributed by atoms with Gasteiger partial charge in [-0.15, -0.1) is 0 Å². The van der Waals surface area contributed by atoms with E-state index in [1.54, 1.807) is 24.3 Å². The number of nitrogens with zero attached hydrogens (tertiary/aromatic N) is 1. The lowest BCUT2D eigenvalue weighted by atomic mass is 10.0. The molecule has 2 N–H and O–H groups in total. The molecule has 6 heteroatoms. The van der Waals surface area contributed by atoms with Crippen molar-refractivity contribution in [2.24, 2.45) is 0 Å². The average Bonchev–Trinajstić information content (AvgIpc) is 2.82. The highest BCUT2D eigenvalue weighted by Crippen LogP contribution is 2.22. The van der Waals surface area contributed by atoms with Gasteiger partial charge in [-0.05, 0) is 73.3 Å². The first kappa shape index (κ1) is 17.8. The van der Waals surface area contributed by atoms with E-state index in [4.69, 9.17) is 11.6 Å². The van der Waals surface area contributed by atoms with Crippen LogP contribution < -0.4 is 10.9 Å². The first-order valence-electron chi connectivity index (χ1n) is 8.94. The zero-order valence-corrected chi connectivity index (χ0v) is 15.8. The Balaban J connectivity index is 1.62. The van der Waals surface area contributed by atoms with E-state index in [9.17, 15) is 9.59 Å². The number of amides is 1. The molecule has 0 saturated heterocycles. The van der Waals surface area contributed by atoms with Gasteiger partial charge >= 0.3 is 0 Å². The second-order valence-electron chi connectivity index (χ2n) is 7.02. The Morgan fingerprint density at radius 2 is 2.00 bits per heavy atom. The maximum Gasteiger partial charge on any atom is 0.272 e. The molecule has 0 atom stereocenters. The number of benzene rings is 2. The van der Waals surface area contributed by atoms with Crippen LogP contribution in [0.1, 0.15) is 28.0 Å². The van der Waals surface area contributed by atoms with Gasteiger partial charge in [0.2, 0.25) is 0 Å². The number of carbonyl (C=O) groups excluding carboxylic acids is 1. The van der Waals surface area contributed by atoms with Crippen molar-refractivity contribution in [2.45, 2.75) is 19.4 Å². The fourth-order valence-corrected chi connectivity index (χ4v) is 3.73. The van der Waals surface area contributed by atoms with Crippen LogP contribution in [0.3, 0.4) is 0 Å². The molecule has 1 aliphatic rings. The summed E-state index contributed by atoms with van der Waals surface area (Å²) in [5, 5.41) is 4.52. The van der Waals surface area contributed by atoms with Crippen molar-refractivity contribution in [1.82, 2.24) is 9.88 Å². The summed E-state index contributed by atoms with van der Waals surface area (Å²) in [6, 6.07) is 12.7. The van der Waals surface area contributed by atoms with Gasteiger partial charge in [0, 0.05) is 22.6 Å². The van der Waals surface area contributed by atoms with Crippen molar-refractivity contribution in [2.75, 3.05) is 18.9 Å². The second kappa shape index (κ2) is 7.18. The monoisotopic (exact) mass is 381 g/mol. The summed E-state index contributed by atoms with van der Waals surface area (Å²) in [6.07, 6.45) is 2.19. The molecule has 138 valence electrons. The zero-order valence-electron chi connectivity index (χ0n) is 15.0. The number of anilines is 1. The molecule has 1 amide bonds. The van der Waals surface area contributed by atoms with Gasteiger partial charge in [0.25, 0.3) is 11.5 Å². The molecule has 0 fully saturated rings. The normalized spacial score (nSPS) is 14.6. The van der Waals surface area contributed by atoms with E-state index in [-0.39, 0.29) is 17.2 Å². The van der Waals surface area contributed by atoms with Crippen LogP contribution in [0.15, 0.2) is 47.3 Å². The molecule has 5 nitrogen and oxygen atoms in total. The Morgan fingerprint density at radius 3 is 2.85 bits per heavy atom. The topological polar surface area (TPSA) is 65.2 Å². The van der Waals surface area contributed by atoms with Gasteiger partial charge in [-0.25, -0.2) is 0 Å². The summed E-state index contributed by atoms with van der Waals surface area (Å²) in [7, 11) is 2.10. The Morgan fingerprint density at radius 1 is 1.15 bits per heavy atom. The minimum absolute atomic E-state index is 0.224. The molecule has 0 spiro atoms. The molecule has 0 saturated carbocycles. The number of halogens is 1. The molecule has 4 rings (SSSR count). The quantitative estimate of drug-likeness (QED) is 0.709. The van der Waals surface area contributed by atoms with E-state index in [0.717, 1.165) is 31.6 Å². The molecular formula is C21H20ClN3O2. The molecule has 1 aliphatic heterocycles. The standard InChI is InChI=1S/C21H20ClN3O2/c1-25-8-2-3-13-5-7-17(9-15(13)12-25)23-21(27)19-10-14-4-6-16(22)11-18(14)20(26)24-19/h4-7,9-11H,2-3,8,12H2,1H3,(H,23,27)(H,24,26). The number of fused-ring (bicyclic) bond motifs is 2. The third-order valence-corrected chi connectivity index (χ3v) is 5.18. The number of rotatable bonds is 2. The maximum absolute atomic E-state index is 12.7. The lowest BCUT2D eigenvalue weighted by Gasteiger charge is -2.14. The molecule has 0 unspecified atom stereocenters. The molecule has 1 aromatic heterocycles. The van der Waals surface area contributed by atoms with Crippen molar-refractivity contribution < 1.29 is 4.79 Å². The number of aromatic amines is 1. The summed E-state index contributed by atoms with van der Waals surface area (Å²) in [5.74, 6) is -0.342. The van der Waals surface area contributed by atoms with Gasteiger partial charge in [-0.3, -0.25) is 9.59 Å². The van der Waals surface area contributed by atoms with Gasteiger partial charge in [0.1, 0.15) is 5.69 Å². The van der Waals surface area contributed by atoms with Crippen molar-refractivity contribution in [3.05, 3.63) is 74.7 Å². The summed E-state index contributed by atoms with van der Waals surface area (Å²) >= 11 is 5.94. The maximum atomic E-state index is 12.7. The average molecular weight is 382 g/mol. The molecule has 0 radical (unpaired) electrons. The van der Waals surface area contributed by atoms with E-state index >= 15 is 0 Å². The van der Waals surface area contributed by atoms with Crippen LogP contribution in [0.4, 0.5) is 5.69 Å². The lowest BCUT2D eigenvalue weighted by molar-refractivity contribution is 0.102. The number of hydrogen-bond donors (Lipinski definition) is 2. The molecular weight excluding hydrogens is 362 g/mol. The Hall–Kier alpha value is -2.63. The van der Waals surface area contributed by atoms with E-state index in [0.29, 0.717) is 15.8 Å². The second-order valence-corrected chi connectivity index (χ2v) is 7.46. The number of aryl methyl sites for hydroxylation is 1. The SMILES string of the molecule is CN1CCCc2ccc(NC(=O)c3cc4ccc(Cl)cc4c(=O)[nH]3)cc2C1. The van der Waals surface area contributed by atoms with Crippen LogP contribution >= 0.6 is 11.6 Å². The predicted molar refractivity (Wildman–Crippen MR) is 109 cm³/mol. The van der Waals surface area contributed by atoms with E-state index in [2.05, 4.69) is 28.3 Å². The predicted octanol–water partition coefficient (Wildman–Crippen LogP) is 3.81. The van der Waals surface area contributed by atoms with Crippen LogP contribution in [0.5, 0.6) is 0 Å². The molecule has 2 aromatic carbocycles. The van der Waals surface area contributed by atoms with Gasteiger partial charge in [-0.2, -0.15) is 0 Å². The highest BCUT2D eigenvalue weighted by atomic mass is 35.5. The minimum atomic E-state index is -0.342. The smallest absolute Gasteiger partial charge is 0.272 e. The van der Waals surface area contributed by atoms with Gasteiger partial charge in [0.15, 0.2) is 0 Å². The highest BCUT2D eigenvalue weighted by Gasteiger charge is 2.14. The third-order valence-electron chi connectivity index (χ3n) is 4.94. The van der Waals surface area contributed by atoms with Crippen molar-refractivity contribution in [3.8, 4) is 0 Å². The Bertz CT molecular complexity index is 1090. The number of pyridine rings is 1. The first-order valence-corrected chi connectivity index (χ1v) is 9.32. The molecule has 3 aromatic rings. The molecule has 2 heterocycles. The van der Waals surface area contributed by atoms with Crippen molar-refractivity contribution >= 4 is 34.0 Å². The fourth-order valence-electron chi connectivity index (χ4n) is 3.56. The van der Waals surface area contributed by atoms with Crippen LogP contribution in [0, 0.1) is 0 Å². The highest BCUT2D eigenvalue weighted by molar-refractivity contribution is 6.31. The lowest BCUT2D eigenvalue weighted by Crippen LogP contribution is -2.19. The number of aromatic nitrogens is 1. The fraction of sp³-hybridized carbons (Fsp3) is 0.238. The largest absolute Gasteiger partial charge is 0.321 e. The third kappa shape index (κ3) is 3.75. The zero-order chi connectivity index (χ0) is 19.0. The van der Waals surface area contributed by atoms with Crippen molar-refractivity contribution in [3.63, 3.8) is 0 Å². The number of nitrogens with one attached hydrogen (secondary N) is 2. The summed E-state index contributed by atoms with van der Waals surface area (Å²) in [4.78, 5) is 29.9. The number of hydrogen-bond acceptors (Lipinski definition) is 3. The number of H-pyrrole nitrogens is 1. The van der Waals surface area contributed by atoms with Crippen LogP contribution in [0.25, 0.3) is 10.8 Å². The minimum Gasteiger partial charge on any atom is -0.321 e. The van der Waals surface area contributed by atoms with E-state index in [1.165, 1.54) is 11.1 Å². The Kier molecular flexibility index (Phi) is 4.72. The van der Waals surface area contributed by atoms with Crippen LogP contribution in [-0.4, -0.2) is 29.4 Å². The molecule has 27 heavy (non-hydrogen) atoms. The van der Waals surface area contributed by atoms with Gasteiger partial charge in [0.05, 0.1) is 0 Å². The molecule has 0 aliphatic carbocycles. The summed E-state index contributed by atoms with van der Waals surface area (Å²) < 4.78 is 0. The van der Waals surface area contributed by atoms with E-state index in [1.807, 2.05) is 12.1 Å². The number of carbonyl (C=O) groups is 1. The molecule has 0 bridgehead atoms. The van der Waals surface area contributed by atoms with Gasteiger partial charge < -0.3 is 15.2 Å². The van der Waals surface area contributed by atoms with Crippen molar-refractivity contribution in [1.29, 1.82) is 0 Å². The van der Waals surface area contributed by atoms with Crippen LogP contribution in [0.2, 0.25) is 5.02 Å².